The highest BCUT2D eigenvalue weighted by atomic mass is 19.1. The molecular weight excluding hydrogens is 221 g/mol. The van der Waals surface area contributed by atoms with E-state index in [-0.39, 0.29) is 18.1 Å². The summed E-state index contributed by atoms with van der Waals surface area (Å²) in [5, 5.41) is 12.2. The third-order valence-corrected chi connectivity index (χ3v) is 3.12. The van der Waals surface area contributed by atoms with Crippen molar-refractivity contribution >= 4 is 5.91 Å². The molecule has 92 valence electrons. The summed E-state index contributed by atoms with van der Waals surface area (Å²) in [6, 6.07) is 5.75. The van der Waals surface area contributed by atoms with Crippen molar-refractivity contribution in [3.63, 3.8) is 0 Å². The van der Waals surface area contributed by atoms with E-state index < -0.39 is 5.82 Å². The van der Waals surface area contributed by atoms with E-state index in [1.54, 1.807) is 6.07 Å². The molecule has 0 heterocycles. The van der Waals surface area contributed by atoms with Gasteiger partial charge in [0.2, 0.25) is 0 Å². The second-order valence-electron chi connectivity index (χ2n) is 4.49. The van der Waals surface area contributed by atoms with Crippen molar-refractivity contribution in [3.8, 4) is 0 Å². The van der Waals surface area contributed by atoms with E-state index in [0.29, 0.717) is 18.4 Å². The van der Waals surface area contributed by atoms with E-state index in [2.05, 4.69) is 5.32 Å². The van der Waals surface area contributed by atoms with Crippen LogP contribution >= 0.6 is 0 Å². The molecule has 1 amide bonds. The minimum absolute atomic E-state index is 0.0918. The van der Waals surface area contributed by atoms with E-state index >= 15 is 0 Å². The Hall–Kier alpha value is -1.42. The molecule has 1 saturated carbocycles. The van der Waals surface area contributed by atoms with Crippen LogP contribution in [0, 0.1) is 5.82 Å². The first-order valence-corrected chi connectivity index (χ1v) is 5.89. The smallest absolute Gasteiger partial charge is 0.251 e. The fraction of sp³-hybridized carbons (Fsp3) is 0.462. The van der Waals surface area contributed by atoms with Crippen molar-refractivity contribution in [3.05, 3.63) is 35.6 Å². The summed E-state index contributed by atoms with van der Waals surface area (Å²) in [7, 11) is 0. The Morgan fingerprint density at radius 2 is 2.00 bits per heavy atom. The van der Waals surface area contributed by atoms with Gasteiger partial charge in [0.05, 0.1) is 6.10 Å². The molecule has 1 fully saturated rings. The standard InChI is InChI=1S/C13H16FNO2/c14-10-3-1-2-9(8-10)13(17)15-11-4-6-12(16)7-5-11/h1-3,8,11-12,16H,4-7H2,(H,15,17). The van der Waals surface area contributed by atoms with E-state index in [9.17, 15) is 14.3 Å². The van der Waals surface area contributed by atoms with Crippen LogP contribution in [-0.4, -0.2) is 23.2 Å². The number of hydrogen-bond donors (Lipinski definition) is 2. The Labute approximate surface area is 99.7 Å². The molecule has 17 heavy (non-hydrogen) atoms. The molecule has 0 saturated heterocycles. The Bertz CT molecular complexity index is 400. The first kappa shape index (κ1) is 12.0. The van der Waals surface area contributed by atoms with Crippen molar-refractivity contribution in [2.24, 2.45) is 0 Å². The van der Waals surface area contributed by atoms with Gasteiger partial charge in [-0.25, -0.2) is 4.39 Å². The molecule has 0 unspecified atom stereocenters. The molecule has 0 spiro atoms. The zero-order valence-corrected chi connectivity index (χ0v) is 9.53. The van der Waals surface area contributed by atoms with Crippen molar-refractivity contribution < 1.29 is 14.3 Å². The predicted molar refractivity (Wildman–Crippen MR) is 62.1 cm³/mol. The molecule has 1 aromatic rings. The highest BCUT2D eigenvalue weighted by molar-refractivity contribution is 5.94. The molecule has 0 radical (unpaired) electrons. The Morgan fingerprint density at radius 1 is 1.29 bits per heavy atom. The number of nitrogens with one attached hydrogen (secondary N) is 1. The number of halogens is 1. The van der Waals surface area contributed by atoms with Crippen LogP contribution in [0.1, 0.15) is 36.0 Å². The molecule has 0 bridgehead atoms. The van der Waals surface area contributed by atoms with E-state index in [1.807, 2.05) is 0 Å². The average molecular weight is 237 g/mol. The van der Waals surface area contributed by atoms with Gasteiger partial charge in [0, 0.05) is 11.6 Å². The van der Waals surface area contributed by atoms with Crippen LogP contribution in [0.4, 0.5) is 4.39 Å². The lowest BCUT2D eigenvalue weighted by Gasteiger charge is -2.26. The Kier molecular flexibility index (Phi) is 3.74. The van der Waals surface area contributed by atoms with Crippen LogP contribution in [0.2, 0.25) is 0 Å². The average Bonchev–Trinajstić information content (AvgIpc) is 2.32. The highest BCUT2D eigenvalue weighted by Gasteiger charge is 2.21. The summed E-state index contributed by atoms with van der Waals surface area (Å²) in [6.45, 7) is 0. The number of amides is 1. The molecule has 2 rings (SSSR count). The fourth-order valence-electron chi connectivity index (χ4n) is 2.12. The van der Waals surface area contributed by atoms with Crippen LogP contribution in [0.15, 0.2) is 24.3 Å². The Balaban J connectivity index is 1.93. The van der Waals surface area contributed by atoms with Crippen LogP contribution in [0.3, 0.4) is 0 Å². The van der Waals surface area contributed by atoms with Crippen LogP contribution in [-0.2, 0) is 0 Å². The normalized spacial score (nSPS) is 24.4. The second kappa shape index (κ2) is 5.27. The van der Waals surface area contributed by atoms with Gasteiger partial charge in [-0.1, -0.05) is 6.07 Å². The first-order chi connectivity index (χ1) is 8.15. The summed E-state index contributed by atoms with van der Waals surface area (Å²) < 4.78 is 12.9. The van der Waals surface area contributed by atoms with Crippen molar-refractivity contribution in [2.75, 3.05) is 0 Å². The minimum Gasteiger partial charge on any atom is -0.393 e. The number of carbonyl (C=O) groups excluding carboxylic acids is 1. The van der Waals surface area contributed by atoms with Crippen molar-refractivity contribution in [1.29, 1.82) is 0 Å². The van der Waals surface area contributed by atoms with Crippen LogP contribution < -0.4 is 5.32 Å². The van der Waals surface area contributed by atoms with Gasteiger partial charge in [-0.3, -0.25) is 4.79 Å². The summed E-state index contributed by atoms with van der Waals surface area (Å²) in [4.78, 5) is 11.8. The van der Waals surface area contributed by atoms with Gasteiger partial charge in [-0.05, 0) is 43.9 Å². The maximum absolute atomic E-state index is 12.9. The fourth-order valence-corrected chi connectivity index (χ4v) is 2.12. The topological polar surface area (TPSA) is 49.3 Å². The van der Waals surface area contributed by atoms with Gasteiger partial charge in [-0.15, -0.1) is 0 Å². The largest absolute Gasteiger partial charge is 0.393 e. The summed E-state index contributed by atoms with van der Waals surface area (Å²) in [5.74, 6) is -0.650. The lowest BCUT2D eigenvalue weighted by Crippen LogP contribution is -2.38. The van der Waals surface area contributed by atoms with Gasteiger partial charge in [-0.2, -0.15) is 0 Å². The number of hydrogen-bond acceptors (Lipinski definition) is 2. The lowest BCUT2D eigenvalue weighted by atomic mass is 9.93. The summed E-state index contributed by atoms with van der Waals surface area (Å²) >= 11 is 0. The number of aliphatic hydroxyl groups is 1. The predicted octanol–water partition coefficient (Wildman–Crippen LogP) is 1.86. The quantitative estimate of drug-likeness (QED) is 0.824. The van der Waals surface area contributed by atoms with Crippen molar-refractivity contribution in [2.45, 2.75) is 37.8 Å². The molecular formula is C13H16FNO2. The molecule has 3 nitrogen and oxygen atoms in total. The summed E-state index contributed by atoms with van der Waals surface area (Å²) in [6.07, 6.45) is 2.75. The Morgan fingerprint density at radius 3 is 2.65 bits per heavy atom. The van der Waals surface area contributed by atoms with Gasteiger partial charge >= 0.3 is 0 Å². The van der Waals surface area contributed by atoms with Crippen LogP contribution in [0.25, 0.3) is 0 Å². The van der Waals surface area contributed by atoms with Gasteiger partial charge < -0.3 is 10.4 Å². The van der Waals surface area contributed by atoms with E-state index in [0.717, 1.165) is 12.8 Å². The second-order valence-corrected chi connectivity index (χ2v) is 4.49. The third-order valence-electron chi connectivity index (χ3n) is 3.12. The summed E-state index contributed by atoms with van der Waals surface area (Å²) in [5.41, 5.74) is 0.344. The molecule has 0 atom stereocenters. The SMILES string of the molecule is O=C(NC1CCC(O)CC1)c1cccc(F)c1. The first-order valence-electron chi connectivity index (χ1n) is 5.89. The number of carbonyl (C=O) groups is 1. The molecule has 4 heteroatoms. The lowest BCUT2D eigenvalue weighted by molar-refractivity contribution is 0.0867. The number of benzene rings is 1. The van der Waals surface area contributed by atoms with Gasteiger partial charge in [0.15, 0.2) is 0 Å². The van der Waals surface area contributed by atoms with Crippen molar-refractivity contribution in [1.82, 2.24) is 5.32 Å². The maximum atomic E-state index is 12.9. The monoisotopic (exact) mass is 237 g/mol. The molecule has 0 aromatic heterocycles. The van der Waals surface area contributed by atoms with E-state index in [4.69, 9.17) is 0 Å². The van der Waals surface area contributed by atoms with E-state index in [1.165, 1.54) is 18.2 Å². The molecule has 2 N–H and O–H groups in total. The molecule has 1 aromatic carbocycles. The molecule has 0 aliphatic heterocycles. The molecule has 1 aliphatic rings. The maximum Gasteiger partial charge on any atom is 0.251 e. The molecule has 1 aliphatic carbocycles. The van der Waals surface area contributed by atoms with Gasteiger partial charge in [0.1, 0.15) is 5.82 Å². The third kappa shape index (κ3) is 3.27. The minimum atomic E-state index is -0.406. The zero-order valence-electron chi connectivity index (χ0n) is 9.53. The van der Waals surface area contributed by atoms with Gasteiger partial charge in [0.25, 0.3) is 5.91 Å². The number of rotatable bonds is 2. The highest BCUT2D eigenvalue weighted by Crippen LogP contribution is 2.18. The van der Waals surface area contributed by atoms with Crippen LogP contribution in [0.5, 0.6) is 0 Å². The zero-order chi connectivity index (χ0) is 12.3. The number of aliphatic hydroxyl groups excluding tert-OH is 1.